The fraction of sp³-hybridized carbons (Fsp3) is 0.190. The molecule has 1 aromatic carbocycles. The molecule has 4 aromatic rings. The van der Waals surface area contributed by atoms with Crippen LogP contribution in [0.1, 0.15) is 32.8 Å². The molecule has 0 bridgehead atoms. The second-order valence-corrected chi connectivity index (χ2v) is 7.65. The van der Waals surface area contributed by atoms with E-state index < -0.39 is 6.04 Å². The molecule has 29 heavy (non-hydrogen) atoms. The standard InChI is InChI=1S/C21H20N4O3S/c1-13-17(24-21(29-13)16-9-6-12-28-16)20(26)23-18(19-22-10-11-25(19)2)14-7-4-5-8-15(14)27-3/h4-12,18H,1-3H3,(H,23,26). The Morgan fingerprint density at radius 1 is 1.28 bits per heavy atom. The summed E-state index contributed by atoms with van der Waals surface area (Å²) in [7, 11) is 3.50. The summed E-state index contributed by atoms with van der Waals surface area (Å²) in [5, 5.41) is 3.75. The van der Waals surface area contributed by atoms with Crippen LogP contribution in [0.3, 0.4) is 0 Å². The van der Waals surface area contributed by atoms with Gasteiger partial charge in [0, 0.05) is 29.9 Å². The number of hydrogen-bond donors (Lipinski definition) is 1. The van der Waals surface area contributed by atoms with Gasteiger partial charge in [-0.05, 0) is 25.1 Å². The van der Waals surface area contributed by atoms with E-state index in [9.17, 15) is 4.79 Å². The first kappa shape index (κ1) is 18.9. The summed E-state index contributed by atoms with van der Waals surface area (Å²) in [5.74, 6) is 1.73. The van der Waals surface area contributed by atoms with Gasteiger partial charge in [-0.3, -0.25) is 4.79 Å². The Bertz CT molecular complexity index is 1130. The smallest absolute Gasteiger partial charge is 0.271 e. The summed E-state index contributed by atoms with van der Waals surface area (Å²) in [6, 6.07) is 10.7. The number of amides is 1. The molecule has 0 saturated heterocycles. The van der Waals surface area contributed by atoms with Crippen molar-refractivity contribution in [1.29, 1.82) is 0 Å². The van der Waals surface area contributed by atoms with Crippen molar-refractivity contribution in [3.8, 4) is 16.5 Å². The van der Waals surface area contributed by atoms with E-state index in [2.05, 4.69) is 15.3 Å². The minimum absolute atomic E-state index is 0.282. The van der Waals surface area contributed by atoms with Crippen molar-refractivity contribution in [2.75, 3.05) is 7.11 Å². The van der Waals surface area contributed by atoms with Gasteiger partial charge in [0.2, 0.25) is 0 Å². The van der Waals surface area contributed by atoms with Gasteiger partial charge in [-0.15, -0.1) is 11.3 Å². The minimum Gasteiger partial charge on any atom is -0.496 e. The van der Waals surface area contributed by atoms with Crippen LogP contribution in [0, 0.1) is 6.92 Å². The number of imidazole rings is 1. The van der Waals surface area contributed by atoms with Gasteiger partial charge in [0.15, 0.2) is 10.8 Å². The maximum Gasteiger partial charge on any atom is 0.271 e. The molecule has 1 atom stereocenters. The first-order valence-corrected chi connectivity index (χ1v) is 9.82. The van der Waals surface area contributed by atoms with Gasteiger partial charge in [0.05, 0.1) is 13.4 Å². The van der Waals surface area contributed by atoms with Crippen molar-refractivity contribution < 1.29 is 13.9 Å². The van der Waals surface area contributed by atoms with Gasteiger partial charge in [-0.2, -0.15) is 0 Å². The Morgan fingerprint density at radius 3 is 2.79 bits per heavy atom. The van der Waals surface area contributed by atoms with Crippen LogP contribution in [0.15, 0.2) is 59.5 Å². The molecule has 1 unspecified atom stereocenters. The number of aryl methyl sites for hydroxylation is 2. The van der Waals surface area contributed by atoms with Crippen molar-refractivity contribution >= 4 is 17.2 Å². The van der Waals surface area contributed by atoms with Crippen molar-refractivity contribution in [3.63, 3.8) is 0 Å². The number of nitrogens with zero attached hydrogens (tertiary/aromatic N) is 3. The average Bonchev–Trinajstić information content (AvgIpc) is 3.47. The summed E-state index contributed by atoms with van der Waals surface area (Å²) < 4.78 is 12.8. The maximum absolute atomic E-state index is 13.2. The van der Waals surface area contributed by atoms with Crippen molar-refractivity contribution in [3.05, 3.63) is 77.0 Å². The van der Waals surface area contributed by atoms with Crippen LogP contribution in [0.5, 0.6) is 5.75 Å². The Kier molecular flexibility index (Phi) is 5.18. The summed E-state index contributed by atoms with van der Waals surface area (Å²) in [5.41, 5.74) is 1.19. The lowest BCUT2D eigenvalue weighted by atomic mass is 10.0. The third-order valence-electron chi connectivity index (χ3n) is 4.59. The molecule has 0 aliphatic heterocycles. The minimum atomic E-state index is -0.494. The van der Waals surface area contributed by atoms with Gasteiger partial charge in [0.25, 0.3) is 5.91 Å². The lowest BCUT2D eigenvalue weighted by molar-refractivity contribution is 0.0936. The molecular weight excluding hydrogens is 388 g/mol. The Balaban J connectivity index is 1.70. The zero-order valence-electron chi connectivity index (χ0n) is 16.2. The summed E-state index contributed by atoms with van der Waals surface area (Å²) in [4.78, 5) is 22.9. The molecule has 7 nitrogen and oxygen atoms in total. The lowest BCUT2D eigenvalue weighted by Gasteiger charge is -2.21. The topological polar surface area (TPSA) is 82.2 Å². The fourth-order valence-corrected chi connectivity index (χ4v) is 4.03. The van der Waals surface area contributed by atoms with Crippen LogP contribution >= 0.6 is 11.3 Å². The van der Waals surface area contributed by atoms with E-state index >= 15 is 0 Å². The molecule has 1 N–H and O–H groups in total. The van der Waals surface area contributed by atoms with Gasteiger partial charge >= 0.3 is 0 Å². The number of para-hydroxylation sites is 1. The normalized spacial score (nSPS) is 12.0. The molecule has 1 amide bonds. The molecule has 8 heteroatoms. The largest absolute Gasteiger partial charge is 0.496 e. The van der Waals surface area contributed by atoms with Gasteiger partial charge in [-0.25, -0.2) is 9.97 Å². The van der Waals surface area contributed by atoms with E-state index in [0.29, 0.717) is 28.0 Å². The summed E-state index contributed by atoms with van der Waals surface area (Å²) in [6.45, 7) is 1.87. The molecule has 0 saturated carbocycles. The Labute approximate surface area is 172 Å². The maximum atomic E-state index is 13.2. The predicted octanol–water partition coefficient (Wildman–Crippen LogP) is 3.97. The number of aromatic nitrogens is 3. The number of carbonyl (C=O) groups excluding carboxylic acids is 1. The molecule has 3 aromatic heterocycles. The molecule has 0 aliphatic carbocycles. The fourth-order valence-electron chi connectivity index (χ4n) is 3.15. The van der Waals surface area contributed by atoms with Crippen molar-refractivity contribution in [2.45, 2.75) is 13.0 Å². The van der Waals surface area contributed by atoms with Crippen LogP contribution in [-0.4, -0.2) is 27.6 Å². The highest BCUT2D eigenvalue weighted by atomic mass is 32.1. The highest BCUT2D eigenvalue weighted by molar-refractivity contribution is 7.15. The van der Waals surface area contributed by atoms with E-state index in [1.165, 1.54) is 11.3 Å². The Morgan fingerprint density at radius 2 is 2.10 bits per heavy atom. The molecule has 0 spiro atoms. The van der Waals surface area contributed by atoms with E-state index in [1.54, 1.807) is 25.6 Å². The molecule has 0 aliphatic rings. The number of thiazole rings is 1. The third-order valence-corrected chi connectivity index (χ3v) is 5.57. The second kappa shape index (κ2) is 7.92. The van der Waals surface area contributed by atoms with Gasteiger partial charge < -0.3 is 19.0 Å². The van der Waals surface area contributed by atoms with Gasteiger partial charge in [-0.1, -0.05) is 18.2 Å². The predicted molar refractivity (Wildman–Crippen MR) is 110 cm³/mol. The zero-order valence-corrected chi connectivity index (χ0v) is 17.1. The number of methoxy groups -OCH3 is 1. The number of hydrogen-bond acceptors (Lipinski definition) is 6. The van der Waals surface area contributed by atoms with E-state index in [0.717, 1.165) is 10.4 Å². The first-order chi connectivity index (χ1) is 14.1. The molecule has 4 rings (SSSR count). The SMILES string of the molecule is COc1ccccc1C(NC(=O)c1nc(-c2ccco2)sc1C)c1nccn1C. The molecule has 0 fully saturated rings. The van der Waals surface area contributed by atoms with E-state index in [-0.39, 0.29) is 5.91 Å². The van der Waals surface area contributed by atoms with Crippen molar-refractivity contribution in [1.82, 2.24) is 19.9 Å². The monoisotopic (exact) mass is 408 g/mol. The van der Waals surface area contributed by atoms with Crippen LogP contribution in [-0.2, 0) is 7.05 Å². The van der Waals surface area contributed by atoms with Crippen LogP contribution in [0.4, 0.5) is 0 Å². The van der Waals surface area contributed by atoms with Crippen LogP contribution < -0.4 is 10.1 Å². The molecule has 3 heterocycles. The Hall–Kier alpha value is -3.39. The third kappa shape index (κ3) is 3.66. The lowest BCUT2D eigenvalue weighted by Crippen LogP contribution is -2.32. The van der Waals surface area contributed by atoms with Gasteiger partial charge in [0.1, 0.15) is 23.3 Å². The summed E-state index contributed by atoms with van der Waals surface area (Å²) in [6.07, 6.45) is 5.13. The van der Waals surface area contributed by atoms with Crippen LogP contribution in [0.2, 0.25) is 0 Å². The average molecular weight is 408 g/mol. The highest BCUT2D eigenvalue weighted by Crippen LogP contribution is 2.31. The molecule has 0 radical (unpaired) electrons. The molecular formula is C21H20N4O3S. The number of furan rings is 1. The molecule has 148 valence electrons. The number of nitrogens with one attached hydrogen (secondary N) is 1. The van der Waals surface area contributed by atoms with Crippen LogP contribution in [0.25, 0.3) is 10.8 Å². The first-order valence-electron chi connectivity index (χ1n) is 9.00. The highest BCUT2D eigenvalue weighted by Gasteiger charge is 2.26. The summed E-state index contributed by atoms with van der Waals surface area (Å²) >= 11 is 1.42. The van der Waals surface area contributed by atoms with E-state index in [4.69, 9.17) is 9.15 Å². The zero-order chi connectivity index (χ0) is 20.4. The number of ether oxygens (including phenoxy) is 1. The quantitative estimate of drug-likeness (QED) is 0.522. The number of benzene rings is 1. The van der Waals surface area contributed by atoms with Crippen molar-refractivity contribution in [2.24, 2.45) is 7.05 Å². The number of carbonyl (C=O) groups is 1. The number of rotatable bonds is 6. The second-order valence-electron chi connectivity index (χ2n) is 6.45. The van der Waals surface area contributed by atoms with E-state index in [1.807, 2.05) is 55.1 Å².